The molecule has 0 aromatic carbocycles. The van der Waals surface area contributed by atoms with Crippen LogP contribution in [0.25, 0.3) is 0 Å². The molecule has 1 aromatic rings. The van der Waals surface area contributed by atoms with Gasteiger partial charge in [-0.3, -0.25) is 4.90 Å². The van der Waals surface area contributed by atoms with Gasteiger partial charge in [0.1, 0.15) is 11.9 Å². The van der Waals surface area contributed by atoms with E-state index in [1.165, 1.54) is 0 Å². The summed E-state index contributed by atoms with van der Waals surface area (Å²) in [5.41, 5.74) is 5.52. The predicted molar refractivity (Wildman–Crippen MR) is 74.3 cm³/mol. The summed E-state index contributed by atoms with van der Waals surface area (Å²) in [6.45, 7) is 5.64. The topological polar surface area (TPSA) is 67.0 Å². The number of ether oxygens (including phenoxy) is 1. The summed E-state index contributed by atoms with van der Waals surface area (Å²) >= 11 is 0. The maximum absolute atomic E-state index is 5.52. The first-order valence-electron chi connectivity index (χ1n) is 6.66. The van der Waals surface area contributed by atoms with E-state index in [4.69, 9.17) is 10.5 Å². The molecule has 1 fully saturated rings. The van der Waals surface area contributed by atoms with Crippen LogP contribution in [-0.2, 0) is 4.74 Å². The van der Waals surface area contributed by atoms with Gasteiger partial charge in [0.25, 0.3) is 6.02 Å². The van der Waals surface area contributed by atoms with E-state index in [2.05, 4.69) is 25.8 Å². The number of amidine groups is 1. The van der Waals surface area contributed by atoms with Crippen molar-refractivity contribution in [3.8, 4) is 0 Å². The van der Waals surface area contributed by atoms with E-state index in [0.717, 1.165) is 38.5 Å². The molecule has 0 spiro atoms. The molecule has 0 aliphatic carbocycles. The maximum Gasteiger partial charge on any atom is 0.282 e. The van der Waals surface area contributed by atoms with Crippen LogP contribution in [0.2, 0.25) is 0 Å². The normalized spacial score (nSPS) is 24.1. The minimum absolute atomic E-state index is 0.126. The van der Waals surface area contributed by atoms with Crippen molar-refractivity contribution in [3.05, 3.63) is 24.4 Å². The highest BCUT2D eigenvalue weighted by Crippen LogP contribution is 2.13. The molecule has 1 saturated heterocycles. The number of hydrogen-bond donors (Lipinski definition) is 1. The van der Waals surface area contributed by atoms with Gasteiger partial charge in [-0.05, 0) is 12.1 Å². The van der Waals surface area contributed by atoms with Gasteiger partial charge in [-0.2, -0.15) is 0 Å². The molecule has 102 valence electrons. The monoisotopic (exact) mass is 261 g/mol. The van der Waals surface area contributed by atoms with Crippen molar-refractivity contribution in [3.63, 3.8) is 0 Å². The molecule has 6 nitrogen and oxygen atoms in total. The maximum atomic E-state index is 5.52. The fourth-order valence-corrected chi connectivity index (χ4v) is 2.52. The third-order valence-corrected chi connectivity index (χ3v) is 3.55. The number of nitrogens with two attached hydrogens (primary N) is 1. The molecule has 0 saturated carbocycles. The number of hydrogen-bond acceptors (Lipinski definition) is 6. The van der Waals surface area contributed by atoms with E-state index in [1.54, 1.807) is 0 Å². The van der Waals surface area contributed by atoms with Crippen LogP contribution in [-0.4, -0.2) is 61.3 Å². The second kappa shape index (κ2) is 5.44. The predicted octanol–water partition coefficient (Wildman–Crippen LogP) is -0.0829. The number of anilines is 1. The lowest BCUT2D eigenvalue weighted by Gasteiger charge is -2.36. The van der Waals surface area contributed by atoms with Gasteiger partial charge < -0.3 is 15.4 Å². The van der Waals surface area contributed by atoms with Gasteiger partial charge in [-0.1, -0.05) is 6.07 Å². The Kier molecular flexibility index (Phi) is 3.50. The molecule has 1 aromatic heterocycles. The third kappa shape index (κ3) is 2.96. The molecule has 1 unspecified atom stereocenters. The lowest BCUT2D eigenvalue weighted by molar-refractivity contribution is 0.139. The van der Waals surface area contributed by atoms with Crippen molar-refractivity contribution >= 4 is 11.8 Å². The number of piperazine rings is 1. The van der Waals surface area contributed by atoms with Crippen LogP contribution in [0.4, 0.5) is 5.82 Å². The van der Waals surface area contributed by atoms with Gasteiger partial charge in [0.2, 0.25) is 0 Å². The molecule has 2 N–H and O–H groups in total. The highest BCUT2D eigenvalue weighted by Gasteiger charge is 2.24. The Balaban J connectivity index is 1.47. The van der Waals surface area contributed by atoms with Crippen molar-refractivity contribution in [2.75, 3.05) is 44.2 Å². The first kappa shape index (κ1) is 12.2. The van der Waals surface area contributed by atoms with Gasteiger partial charge in [0.15, 0.2) is 0 Å². The quantitative estimate of drug-likeness (QED) is 0.824. The van der Waals surface area contributed by atoms with Gasteiger partial charge in [0, 0.05) is 38.9 Å². The second-order valence-corrected chi connectivity index (χ2v) is 4.89. The smallest absolute Gasteiger partial charge is 0.282 e. The molecular weight excluding hydrogens is 242 g/mol. The highest BCUT2D eigenvalue weighted by atomic mass is 16.5. The van der Waals surface area contributed by atoms with Crippen LogP contribution < -0.4 is 10.6 Å². The average molecular weight is 261 g/mol. The number of aromatic nitrogens is 1. The molecule has 3 rings (SSSR count). The fraction of sp³-hybridized carbons (Fsp3) is 0.538. The first-order valence-corrected chi connectivity index (χ1v) is 6.66. The van der Waals surface area contributed by atoms with E-state index < -0.39 is 0 Å². The fourth-order valence-electron chi connectivity index (χ4n) is 2.52. The van der Waals surface area contributed by atoms with Crippen molar-refractivity contribution < 1.29 is 4.74 Å². The second-order valence-electron chi connectivity index (χ2n) is 4.89. The van der Waals surface area contributed by atoms with Crippen LogP contribution in [0, 0.1) is 0 Å². The van der Waals surface area contributed by atoms with E-state index in [9.17, 15) is 0 Å². The Hall–Kier alpha value is -1.82. The van der Waals surface area contributed by atoms with Gasteiger partial charge >= 0.3 is 0 Å². The number of pyridine rings is 1. The summed E-state index contributed by atoms with van der Waals surface area (Å²) < 4.78 is 5.44. The van der Waals surface area contributed by atoms with Gasteiger partial charge in [0.05, 0.1) is 6.54 Å². The summed E-state index contributed by atoms with van der Waals surface area (Å²) in [7, 11) is 0. The van der Waals surface area contributed by atoms with Crippen LogP contribution in [0.3, 0.4) is 0 Å². The Labute approximate surface area is 112 Å². The molecule has 19 heavy (non-hydrogen) atoms. The summed E-state index contributed by atoms with van der Waals surface area (Å²) in [4.78, 5) is 13.2. The molecule has 0 amide bonds. The summed E-state index contributed by atoms with van der Waals surface area (Å²) in [6, 6.07) is 6.37. The minimum Gasteiger partial charge on any atom is -0.459 e. The van der Waals surface area contributed by atoms with Crippen molar-refractivity contribution in [1.29, 1.82) is 0 Å². The minimum atomic E-state index is 0.126. The summed E-state index contributed by atoms with van der Waals surface area (Å²) in [5.74, 6) is 1.06. The van der Waals surface area contributed by atoms with E-state index in [1.807, 2.05) is 18.3 Å². The largest absolute Gasteiger partial charge is 0.459 e. The zero-order valence-electron chi connectivity index (χ0n) is 10.9. The Bertz CT molecular complexity index is 442. The van der Waals surface area contributed by atoms with Gasteiger partial charge in [-0.15, -0.1) is 0 Å². The Morgan fingerprint density at radius 3 is 2.74 bits per heavy atom. The molecule has 0 radical (unpaired) electrons. The summed E-state index contributed by atoms with van der Waals surface area (Å²) in [6.07, 6.45) is 1.97. The van der Waals surface area contributed by atoms with E-state index >= 15 is 0 Å². The molecule has 3 heterocycles. The average Bonchev–Trinajstić information content (AvgIpc) is 2.86. The Morgan fingerprint density at radius 2 is 2.11 bits per heavy atom. The standard InChI is InChI=1S/C13H19N5O/c14-13-16-9-11(19-13)10-17-5-7-18(8-6-17)12-3-1-2-4-15-12/h1-4,11H,5-10H2,(H2,14,16). The molecule has 2 aliphatic rings. The first-order chi connectivity index (χ1) is 9.31. The zero-order valence-corrected chi connectivity index (χ0v) is 10.9. The van der Waals surface area contributed by atoms with Crippen LogP contribution >= 0.6 is 0 Å². The van der Waals surface area contributed by atoms with E-state index in [0.29, 0.717) is 12.6 Å². The highest BCUT2D eigenvalue weighted by molar-refractivity contribution is 5.73. The lowest BCUT2D eigenvalue weighted by Crippen LogP contribution is -2.49. The molecule has 2 aliphatic heterocycles. The molecular formula is C13H19N5O. The molecule has 1 atom stereocenters. The number of nitrogens with zero attached hydrogens (tertiary/aromatic N) is 4. The van der Waals surface area contributed by atoms with E-state index in [-0.39, 0.29) is 6.10 Å². The van der Waals surface area contributed by atoms with Crippen molar-refractivity contribution in [1.82, 2.24) is 9.88 Å². The lowest BCUT2D eigenvalue weighted by atomic mass is 10.2. The zero-order chi connectivity index (χ0) is 13.1. The van der Waals surface area contributed by atoms with Crippen molar-refractivity contribution in [2.45, 2.75) is 6.10 Å². The number of rotatable bonds is 3. The molecule has 6 heteroatoms. The molecule has 0 bridgehead atoms. The SMILES string of the molecule is NC1=NCC(CN2CCN(c3ccccn3)CC2)O1. The van der Waals surface area contributed by atoms with Crippen LogP contribution in [0.1, 0.15) is 0 Å². The third-order valence-electron chi connectivity index (χ3n) is 3.55. The Morgan fingerprint density at radius 1 is 1.26 bits per heavy atom. The summed E-state index contributed by atoms with van der Waals surface area (Å²) in [5, 5.41) is 0. The van der Waals surface area contributed by atoms with Crippen LogP contribution in [0.15, 0.2) is 29.4 Å². The number of aliphatic imine (C=N–C) groups is 1. The van der Waals surface area contributed by atoms with Gasteiger partial charge in [-0.25, -0.2) is 9.98 Å². The van der Waals surface area contributed by atoms with Crippen LogP contribution in [0.5, 0.6) is 0 Å². The van der Waals surface area contributed by atoms with Crippen molar-refractivity contribution in [2.24, 2.45) is 10.7 Å².